The van der Waals surface area contributed by atoms with Gasteiger partial charge in [-0.3, -0.25) is 9.69 Å². The maximum Gasteiger partial charge on any atom is 0.228 e. The molecule has 0 aliphatic rings. The highest BCUT2D eigenvalue weighted by atomic mass is 35.5. The van der Waals surface area contributed by atoms with Gasteiger partial charge < -0.3 is 14.4 Å². The summed E-state index contributed by atoms with van der Waals surface area (Å²) >= 11 is 9.15. The van der Waals surface area contributed by atoms with Crippen molar-refractivity contribution in [2.24, 2.45) is 0 Å². The molecule has 1 heterocycles. The summed E-state index contributed by atoms with van der Waals surface area (Å²) in [5.41, 5.74) is 0.723. The fourth-order valence-electron chi connectivity index (χ4n) is 3.34. The smallest absolute Gasteiger partial charge is 0.228 e. The van der Waals surface area contributed by atoms with Crippen molar-refractivity contribution in [3.8, 4) is 11.5 Å². The molecule has 0 aliphatic carbocycles. The molecule has 0 N–H and O–H groups in total. The Hall–Kier alpha value is -2.00. The van der Waals surface area contributed by atoms with Crippen LogP contribution in [0.3, 0.4) is 0 Å². The lowest BCUT2D eigenvalue weighted by molar-refractivity contribution is -0.118. The van der Waals surface area contributed by atoms with E-state index in [-0.39, 0.29) is 5.91 Å². The molecule has 9 heteroatoms. The number of carbonyl (C=O) groups excluding carboxylic acids is 1. The molecule has 2 aromatic carbocycles. The van der Waals surface area contributed by atoms with Crippen molar-refractivity contribution in [1.29, 1.82) is 0 Å². The van der Waals surface area contributed by atoms with Crippen LogP contribution in [0, 0.1) is 0 Å². The summed E-state index contributed by atoms with van der Waals surface area (Å²) in [6, 6.07) is 11.5. The van der Waals surface area contributed by atoms with Gasteiger partial charge >= 0.3 is 0 Å². The summed E-state index contributed by atoms with van der Waals surface area (Å²) in [5.74, 6) is 2.35. The number of aromatic nitrogens is 1. The van der Waals surface area contributed by atoms with Gasteiger partial charge in [0.05, 0.1) is 14.2 Å². The molecule has 0 fully saturated rings. The van der Waals surface area contributed by atoms with E-state index >= 15 is 0 Å². The number of hydrogen-bond donors (Lipinski definition) is 0. The quantitative estimate of drug-likeness (QED) is 0.227. The number of thiazole rings is 1. The minimum atomic E-state index is 0.0856. The number of carbonyl (C=O) groups is 1. The maximum absolute atomic E-state index is 13.3. The summed E-state index contributed by atoms with van der Waals surface area (Å²) in [5, 5.41) is 1.41. The van der Waals surface area contributed by atoms with Crippen LogP contribution in [0.1, 0.15) is 19.3 Å². The normalized spacial score (nSPS) is 11.2. The van der Waals surface area contributed by atoms with Gasteiger partial charge in [-0.05, 0) is 75.6 Å². The van der Waals surface area contributed by atoms with Crippen molar-refractivity contribution in [2.75, 3.05) is 52.1 Å². The number of halogens is 1. The van der Waals surface area contributed by atoms with Gasteiger partial charge in [0.15, 0.2) is 5.13 Å². The molecular weight excluding hydrogens is 478 g/mol. The van der Waals surface area contributed by atoms with E-state index < -0.39 is 0 Å². The topological polar surface area (TPSA) is 54.9 Å². The van der Waals surface area contributed by atoms with Gasteiger partial charge in [-0.2, -0.15) is 0 Å². The zero-order chi connectivity index (χ0) is 23.8. The summed E-state index contributed by atoms with van der Waals surface area (Å²) in [6.45, 7) is 1.51. The Morgan fingerprint density at radius 2 is 1.73 bits per heavy atom. The van der Waals surface area contributed by atoms with Gasteiger partial charge in [0.2, 0.25) is 5.91 Å². The van der Waals surface area contributed by atoms with Gasteiger partial charge in [0.25, 0.3) is 0 Å². The number of anilines is 1. The van der Waals surface area contributed by atoms with Crippen molar-refractivity contribution in [1.82, 2.24) is 9.88 Å². The summed E-state index contributed by atoms with van der Waals surface area (Å²) < 4.78 is 11.9. The average molecular weight is 508 g/mol. The molecule has 1 amide bonds. The molecule has 0 unspecified atom stereocenters. The molecule has 6 nitrogen and oxygen atoms in total. The Morgan fingerprint density at radius 3 is 2.39 bits per heavy atom. The maximum atomic E-state index is 13.3. The van der Waals surface area contributed by atoms with E-state index in [2.05, 4.69) is 4.90 Å². The number of benzene rings is 2. The van der Waals surface area contributed by atoms with Crippen LogP contribution in [-0.2, 0) is 4.79 Å². The van der Waals surface area contributed by atoms with Crippen molar-refractivity contribution >= 4 is 56.0 Å². The Kier molecular flexibility index (Phi) is 9.67. The Morgan fingerprint density at radius 1 is 1.03 bits per heavy atom. The SMILES string of the molecule is COc1ccc(OC)c2sc(N(CCCN(C)C)C(=O)CCCSc3ccc(Cl)cc3)nc12. The highest BCUT2D eigenvalue weighted by molar-refractivity contribution is 7.99. The summed E-state index contributed by atoms with van der Waals surface area (Å²) in [6.07, 6.45) is 2.11. The Balaban J connectivity index is 1.73. The molecule has 0 radical (unpaired) electrons. The molecule has 0 bridgehead atoms. The first-order chi connectivity index (χ1) is 15.9. The number of nitrogens with zero attached hydrogens (tertiary/aromatic N) is 3. The number of ether oxygens (including phenoxy) is 2. The molecule has 1 aromatic heterocycles. The van der Waals surface area contributed by atoms with E-state index in [1.54, 1.807) is 26.0 Å². The largest absolute Gasteiger partial charge is 0.495 e. The molecule has 0 saturated heterocycles. The number of amides is 1. The lowest BCUT2D eigenvalue weighted by atomic mass is 10.3. The van der Waals surface area contributed by atoms with E-state index in [1.165, 1.54) is 11.3 Å². The van der Waals surface area contributed by atoms with Crippen molar-refractivity contribution in [2.45, 2.75) is 24.2 Å². The van der Waals surface area contributed by atoms with Crippen LogP contribution in [-0.4, -0.2) is 62.9 Å². The average Bonchev–Trinajstić information content (AvgIpc) is 3.24. The fourth-order valence-corrected chi connectivity index (χ4v) is 5.44. The van der Waals surface area contributed by atoms with Crippen LogP contribution in [0.15, 0.2) is 41.3 Å². The summed E-state index contributed by atoms with van der Waals surface area (Å²) in [4.78, 5) is 23.1. The van der Waals surface area contributed by atoms with E-state index in [4.69, 9.17) is 26.1 Å². The number of rotatable bonds is 12. The van der Waals surface area contributed by atoms with Crippen LogP contribution in [0.4, 0.5) is 5.13 Å². The highest BCUT2D eigenvalue weighted by Gasteiger charge is 2.22. The lowest BCUT2D eigenvalue weighted by Gasteiger charge is -2.21. The van der Waals surface area contributed by atoms with Gasteiger partial charge in [-0.1, -0.05) is 22.9 Å². The molecule has 0 spiro atoms. The standard InChI is InChI=1S/C24H30ClN3O3S2/c1-27(2)14-6-15-28(21(29)7-5-16-32-18-10-8-17(25)9-11-18)24-26-22-19(30-3)12-13-20(31-4)23(22)33-24/h8-13H,5-7,14-16H2,1-4H3. The zero-order valence-electron chi connectivity index (χ0n) is 19.5. The minimum absolute atomic E-state index is 0.0856. The second-order valence-corrected chi connectivity index (χ2v) is 10.3. The third kappa shape index (κ3) is 6.99. The molecule has 3 rings (SSSR count). The summed E-state index contributed by atoms with van der Waals surface area (Å²) in [7, 11) is 7.33. The second kappa shape index (κ2) is 12.5. The van der Waals surface area contributed by atoms with E-state index in [9.17, 15) is 4.79 Å². The molecular formula is C24H30ClN3O3S2. The predicted octanol–water partition coefficient (Wildman–Crippen LogP) is 5.82. The van der Waals surface area contributed by atoms with Crippen LogP contribution >= 0.6 is 34.7 Å². The first-order valence-electron chi connectivity index (χ1n) is 10.8. The molecule has 0 atom stereocenters. The van der Waals surface area contributed by atoms with E-state index in [0.29, 0.717) is 23.8 Å². The van der Waals surface area contributed by atoms with Gasteiger partial charge in [0.1, 0.15) is 21.7 Å². The molecule has 0 saturated carbocycles. The Bertz CT molecular complexity index is 1020. The lowest BCUT2D eigenvalue weighted by Crippen LogP contribution is -2.33. The number of fused-ring (bicyclic) bond motifs is 1. The van der Waals surface area contributed by atoms with Crippen LogP contribution in [0.5, 0.6) is 11.5 Å². The molecule has 3 aromatic rings. The molecule has 0 aliphatic heterocycles. The third-order valence-corrected chi connectivity index (χ3v) is 7.48. The number of hydrogen-bond acceptors (Lipinski definition) is 7. The van der Waals surface area contributed by atoms with Crippen molar-refractivity contribution in [3.05, 3.63) is 41.4 Å². The minimum Gasteiger partial charge on any atom is -0.495 e. The predicted molar refractivity (Wildman–Crippen MR) is 140 cm³/mol. The van der Waals surface area contributed by atoms with Crippen LogP contribution in [0.25, 0.3) is 10.2 Å². The number of thioether (sulfide) groups is 1. The van der Waals surface area contributed by atoms with Crippen molar-refractivity contribution in [3.63, 3.8) is 0 Å². The monoisotopic (exact) mass is 507 g/mol. The van der Waals surface area contributed by atoms with Crippen LogP contribution in [0.2, 0.25) is 5.02 Å². The van der Waals surface area contributed by atoms with Gasteiger partial charge in [-0.15, -0.1) is 11.8 Å². The third-order valence-electron chi connectivity index (χ3n) is 5.04. The zero-order valence-corrected chi connectivity index (χ0v) is 21.9. The van der Waals surface area contributed by atoms with Crippen molar-refractivity contribution < 1.29 is 14.3 Å². The van der Waals surface area contributed by atoms with Gasteiger partial charge in [-0.25, -0.2) is 4.98 Å². The van der Waals surface area contributed by atoms with Gasteiger partial charge in [0, 0.05) is 22.9 Å². The van der Waals surface area contributed by atoms with E-state index in [1.807, 2.05) is 55.4 Å². The second-order valence-electron chi connectivity index (χ2n) is 7.75. The fraction of sp³-hybridized carbons (Fsp3) is 0.417. The first kappa shape index (κ1) is 25.6. The highest BCUT2D eigenvalue weighted by Crippen LogP contribution is 2.40. The van der Waals surface area contributed by atoms with E-state index in [0.717, 1.165) is 51.0 Å². The van der Waals surface area contributed by atoms with Crippen LogP contribution < -0.4 is 14.4 Å². The molecule has 178 valence electrons. The Labute approximate surface area is 208 Å². The number of methoxy groups -OCH3 is 2. The first-order valence-corrected chi connectivity index (χ1v) is 13.0. The molecule has 33 heavy (non-hydrogen) atoms.